The van der Waals surface area contributed by atoms with Crippen molar-refractivity contribution in [3.8, 4) is 5.75 Å². The van der Waals surface area contributed by atoms with Gasteiger partial charge in [0, 0.05) is 32.0 Å². The molecule has 1 aliphatic rings. The van der Waals surface area contributed by atoms with Gasteiger partial charge in [-0.3, -0.25) is 0 Å². The number of benzene rings is 1. The summed E-state index contributed by atoms with van der Waals surface area (Å²) in [5.74, 6) is 0.249. The summed E-state index contributed by atoms with van der Waals surface area (Å²) >= 11 is 0. The number of hydrogen-bond acceptors (Lipinski definition) is 3. The van der Waals surface area contributed by atoms with E-state index in [9.17, 15) is 9.18 Å². The van der Waals surface area contributed by atoms with Crippen LogP contribution in [0.3, 0.4) is 0 Å². The average molecular weight is 346 g/mol. The third-order valence-corrected chi connectivity index (χ3v) is 4.77. The number of amides is 2. The van der Waals surface area contributed by atoms with E-state index in [4.69, 9.17) is 4.74 Å². The van der Waals surface area contributed by atoms with E-state index in [1.807, 2.05) is 11.1 Å². The molecule has 1 aromatic heterocycles. The number of nitrogens with one attached hydrogen (secondary N) is 1. The molecule has 7 heteroatoms. The van der Waals surface area contributed by atoms with E-state index >= 15 is 0 Å². The molecule has 3 rings (SSSR count). The Balaban J connectivity index is 1.58. The maximum Gasteiger partial charge on any atom is 0.317 e. The third-order valence-electron chi connectivity index (χ3n) is 4.77. The number of nitrogens with zero attached hydrogens (tertiary/aromatic N) is 3. The molecule has 25 heavy (non-hydrogen) atoms. The van der Waals surface area contributed by atoms with Gasteiger partial charge in [0.2, 0.25) is 0 Å². The first kappa shape index (κ1) is 17.3. The minimum absolute atomic E-state index is 0.131. The van der Waals surface area contributed by atoms with E-state index in [1.165, 1.54) is 13.2 Å². The Morgan fingerprint density at radius 2 is 2.32 bits per heavy atom. The molecule has 0 spiro atoms. The lowest BCUT2D eigenvalue weighted by atomic mass is 9.93. The fourth-order valence-corrected chi connectivity index (χ4v) is 3.20. The molecule has 0 saturated carbocycles. The molecule has 1 N–H and O–H groups in total. The van der Waals surface area contributed by atoms with E-state index in [2.05, 4.69) is 21.8 Å². The summed E-state index contributed by atoms with van der Waals surface area (Å²) in [6, 6.07) is 4.78. The van der Waals surface area contributed by atoms with E-state index in [0.717, 1.165) is 13.0 Å². The second kappa shape index (κ2) is 7.55. The summed E-state index contributed by atoms with van der Waals surface area (Å²) < 4.78 is 20.7. The number of carbonyl (C=O) groups excluding carboxylic acids is 1. The van der Waals surface area contributed by atoms with Crippen molar-refractivity contribution in [2.75, 3.05) is 20.2 Å². The van der Waals surface area contributed by atoms with Gasteiger partial charge in [-0.15, -0.1) is 0 Å². The van der Waals surface area contributed by atoms with Crippen molar-refractivity contribution < 1.29 is 13.9 Å². The summed E-state index contributed by atoms with van der Waals surface area (Å²) in [5, 5.41) is 2.87. The molecule has 2 heterocycles. The van der Waals surface area contributed by atoms with Gasteiger partial charge in [0.1, 0.15) is 0 Å². The average Bonchev–Trinajstić information content (AvgIpc) is 3.14. The Bertz CT molecular complexity index is 720. The van der Waals surface area contributed by atoms with Gasteiger partial charge in [-0.25, -0.2) is 14.2 Å². The lowest BCUT2D eigenvalue weighted by molar-refractivity contribution is 0.140. The highest BCUT2D eigenvalue weighted by Crippen LogP contribution is 2.27. The van der Waals surface area contributed by atoms with Crippen molar-refractivity contribution in [3.05, 3.63) is 48.3 Å². The van der Waals surface area contributed by atoms with E-state index in [0.29, 0.717) is 18.0 Å². The number of hydrogen-bond donors (Lipinski definition) is 1. The van der Waals surface area contributed by atoms with Crippen LogP contribution in [0.2, 0.25) is 0 Å². The molecule has 2 unspecified atom stereocenters. The summed E-state index contributed by atoms with van der Waals surface area (Å²) in [7, 11) is 1.42. The number of urea groups is 1. The molecule has 2 atom stereocenters. The number of piperidine rings is 1. The largest absolute Gasteiger partial charge is 0.494 e. The van der Waals surface area contributed by atoms with Crippen molar-refractivity contribution >= 4 is 6.03 Å². The van der Waals surface area contributed by atoms with Crippen LogP contribution in [0, 0.1) is 11.7 Å². The van der Waals surface area contributed by atoms with Crippen molar-refractivity contribution in [2.24, 2.45) is 5.92 Å². The second-order valence-corrected chi connectivity index (χ2v) is 6.42. The highest BCUT2D eigenvalue weighted by Gasteiger charge is 2.29. The van der Waals surface area contributed by atoms with Crippen molar-refractivity contribution in [1.29, 1.82) is 0 Å². The number of imidazole rings is 1. The van der Waals surface area contributed by atoms with Crippen LogP contribution >= 0.6 is 0 Å². The predicted octanol–water partition coefficient (Wildman–Crippen LogP) is 2.82. The highest BCUT2D eigenvalue weighted by atomic mass is 19.1. The van der Waals surface area contributed by atoms with Crippen LogP contribution in [0.4, 0.5) is 9.18 Å². The molecule has 2 aromatic rings. The molecule has 6 nitrogen and oxygen atoms in total. The molecule has 0 aliphatic carbocycles. The minimum atomic E-state index is -0.429. The number of likely N-dealkylation sites (tertiary alicyclic amines) is 1. The molecule has 1 fully saturated rings. The van der Waals surface area contributed by atoms with E-state index < -0.39 is 5.82 Å². The van der Waals surface area contributed by atoms with Gasteiger partial charge in [0.05, 0.1) is 19.5 Å². The van der Waals surface area contributed by atoms with Crippen molar-refractivity contribution in [2.45, 2.75) is 25.9 Å². The Morgan fingerprint density at radius 1 is 1.48 bits per heavy atom. The molecule has 1 aromatic carbocycles. The van der Waals surface area contributed by atoms with Gasteiger partial charge in [0.15, 0.2) is 11.6 Å². The Labute approximate surface area is 146 Å². The lowest BCUT2D eigenvalue weighted by Crippen LogP contribution is -2.47. The topological polar surface area (TPSA) is 59.4 Å². The Morgan fingerprint density at radius 3 is 3.00 bits per heavy atom. The summed E-state index contributed by atoms with van der Waals surface area (Å²) in [5.41, 5.74) is 0.697. The molecule has 1 saturated heterocycles. The lowest BCUT2D eigenvalue weighted by Gasteiger charge is -2.37. The normalized spacial score (nSPS) is 20.4. The first-order valence-corrected chi connectivity index (χ1v) is 8.41. The summed E-state index contributed by atoms with van der Waals surface area (Å²) in [6.07, 6.45) is 6.42. The van der Waals surface area contributed by atoms with Gasteiger partial charge in [-0.05, 0) is 30.0 Å². The highest BCUT2D eigenvalue weighted by molar-refractivity contribution is 5.74. The van der Waals surface area contributed by atoms with Crippen LogP contribution in [0.1, 0.15) is 24.9 Å². The Hall–Kier alpha value is -2.57. The van der Waals surface area contributed by atoms with Crippen LogP contribution in [-0.2, 0) is 6.54 Å². The van der Waals surface area contributed by atoms with Crippen LogP contribution < -0.4 is 10.1 Å². The number of carbonyl (C=O) groups is 1. The minimum Gasteiger partial charge on any atom is -0.494 e. The van der Waals surface area contributed by atoms with Crippen molar-refractivity contribution in [3.63, 3.8) is 0 Å². The fourth-order valence-electron chi connectivity index (χ4n) is 3.20. The Kier molecular flexibility index (Phi) is 5.21. The van der Waals surface area contributed by atoms with E-state index in [1.54, 1.807) is 24.7 Å². The summed E-state index contributed by atoms with van der Waals surface area (Å²) in [6.45, 7) is 3.83. The number of aromatic nitrogens is 2. The fraction of sp³-hybridized carbons (Fsp3) is 0.444. The van der Waals surface area contributed by atoms with Gasteiger partial charge in [0.25, 0.3) is 0 Å². The van der Waals surface area contributed by atoms with E-state index in [-0.39, 0.29) is 24.4 Å². The molecule has 1 aliphatic heterocycles. The van der Waals surface area contributed by atoms with Crippen LogP contribution in [0.5, 0.6) is 5.75 Å². The monoisotopic (exact) mass is 346 g/mol. The van der Waals surface area contributed by atoms with Crippen LogP contribution in [-0.4, -0.2) is 40.7 Å². The molecular weight excluding hydrogens is 323 g/mol. The molecule has 134 valence electrons. The first-order chi connectivity index (χ1) is 12.1. The molecular formula is C18H23FN4O2. The molecule has 0 radical (unpaired) electrons. The van der Waals surface area contributed by atoms with Crippen LogP contribution in [0.15, 0.2) is 36.9 Å². The number of ether oxygens (including phenoxy) is 1. The van der Waals surface area contributed by atoms with Gasteiger partial charge >= 0.3 is 6.03 Å². The maximum absolute atomic E-state index is 13.7. The predicted molar refractivity (Wildman–Crippen MR) is 91.8 cm³/mol. The number of halogens is 1. The second-order valence-electron chi connectivity index (χ2n) is 6.42. The standard InChI is InChI=1S/C18H23FN4O2/c1-13-5-7-22(11-16(13)23-8-6-20-12-23)18(24)21-10-14-3-4-17(25-2)15(19)9-14/h3-4,6,8-9,12-13,16H,5,7,10-11H2,1-2H3,(H,21,24). The maximum atomic E-state index is 13.7. The zero-order valence-corrected chi connectivity index (χ0v) is 14.5. The van der Waals surface area contributed by atoms with Crippen LogP contribution in [0.25, 0.3) is 0 Å². The molecule has 0 bridgehead atoms. The quantitative estimate of drug-likeness (QED) is 0.926. The van der Waals surface area contributed by atoms with Gasteiger partial charge < -0.3 is 19.5 Å². The number of methoxy groups -OCH3 is 1. The first-order valence-electron chi connectivity index (χ1n) is 8.41. The van der Waals surface area contributed by atoms with Gasteiger partial charge in [-0.2, -0.15) is 0 Å². The van der Waals surface area contributed by atoms with Crippen molar-refractivity contribution in [1.82, 2.24) is 19.8 Å². The van der Waals surface area contributed by atoms with Gasteiger partial charge in [-0.1, -0.05) is 13.0 Å². The zero-order valence-electron chi connectivity index (χ0n) is 14.5. The number of rotatable bonds is 4. The third kappa shape index (κ3) is 3.92. The summed E-state index contributed by atoms with van der Waals surface area (Å²) in [4.78, 5) is 18.4. The smallest absolute Gasteiger partial charge is 0.317 e. The molecule has 2 amide bonds. The zero-order chi connectivity index (χ0) is 17.8. The SMILES string of the molecule is COc1ccc(CNC(=O)N2CCC(C)C(n3ccnc3)C2)cc1F.